The number of hydrogen-bond acceptors (Lipinski definition) is 6. The normalized spacial score (nSPS) is 15.0. The van der Waals surface area contributed by atoms with Crippen molar-refractivity contribution in [3.8, 4) is 5.88 Å². The van der Waals surface area contributed by atoms with Crippen LogP contribution in [0.25, 0.3) is 10.8 Å². The largest absolute Gasteiger partial charge is 0.494 e. The number of hydrogen-bond donors (Lipinski definition) is 3. The van der Waals surface area contributed by atoms with Crippen LogP contribution in [0.1, 0.15) is 31.2 Å². The summed E-state index contributed by atoms with van der Waals surface area (Å²) in [4.78, 5) is 23.1. The lowest BCUT2D eigenvalue weighted by Crippen LogP contribution is -2.30. The summed E-state index contributed by atoms with van der Waals surface area (Å²) in [7, 11) is -3.78. The van der Waals surface area contributed by atoms with Crippen LogP contribution in [0.3, 0.4) is 0 Å². The minimum absolute atomic E-state index is 0.0737. The Morgan fingerprint density at radius 3 is 2.71 bits per heavy atom. The van der Waals surface area contributed by atoms with Crippen LogP contribution < -0.4 is 10.3 Å². The molecule has 9 heteroatoms. The van der Waals surface area contributed by atoms with Crippen LogP contribution in [0.5, 0.6) is 5.88 Å². The van der Waals surface area contributed by atoms with E-state index in [4.69, 9.17) is 0 Å². The number of nitrogens with zero attached hydrogens (tertiary/aromatic N) is 2. The third-order valence-corrected chi connectivity index (χ3v) is 6.42. The van der Waals surface area contributed by atoms with E-state index in [0.717, 1.165) is 19.3 Å². The monoisotopic (exact) mass is 438 g/mol. The van der Waals surface area contributed by atoms with Gasteiger partial charge in [-0.1, -0.05) is 30.7 Å². The van der Waals surface area contributed by atoms with Gasteiger partial charge in [0.15, 0.2) is 0 Å². The van der Waals surface area contributed by atoms with Crippen LogP contribution in [0.4, 0.5) is 5.69 Å². The molecule has 0 saturated carbocycles. The van der Waals surface area contributed by atoms with Crippen molar-refractivity contribution in [3.05, 3.63) is 64.4 Å². The lowest BCUT2D eigenvalue weighted by molar-refractivity contribution is 0.452. The SMILES string of the molecule is O=c1[nH]c(O)c(C=Nc2cccc(S(=O)(=O)NC3=NCCCCC3)c2)c2ccccc12. The van der Waals surface area contributed by atoms with Crippen molar-refractivity contribution in [3.63, 3.8) is 0 Å². The van der Waals surface area contributed by atoms with Gasteiger partial charge in [-0.3, -0.25) is 24.5 Å². The van der Waals surface area contributed by atoms with E-state index >= 15 is 0 Å². The maximum absolute atomic E-state index is 12.8. The molecule has 1 aliphatic rings. The standard InChI is InChI=1S/C22H22N4O4S/c27-21-18-10-4-3-9-17(18)19(22(28)25-21)14-24-15-7-6-8-16(13-15)31(29,30)26-20-11-2-1-5-12-23-20/h3-4,6-10,13-14H,1-2,5,11-12H2,(H,23,26)(H2,25,27,28). The van der Waals surface area contributed by atoms with Crippen LogP contribution in [0.15, 0.2) is 68.2 Å². The van der Waals surface area contributed by atoms with E-state index in [-0.39, 0.29) is 10.8 Å². The molecule has 1 aromatic heterocycles. The van der Waals surface area contributed by atoms with E-state index < -0.39 is 15.6 Å². The van der Waals surface area contributed by atoms with Crippen molar-refractivity contribution < 1.29 is 13.5 Å². The van der Waals surface area contributed by atoms with Crippen molar-refractivity contribution in [2.24, 2.45) is 9.98 Å². The highest BCUT2D eigenvalue weighted by Crippen LogP contribution is 2.23. The maximum Gasteiger partial charge on any atom is 0.262 e. The van der Waals surface area contributed by atoms with Crippen LogP contribution >= 0.6 is 0 Å². The first-order valence-electron chi connectivity index (χ1n) is 9.98. The molecular weight excluding hydrogens is 416 g/mol. The zero-order chi connectivity index (χ0) is 21.8. The van der Waals surface area contributed by atoms with E-state index in [1.54, 1.807) is 36.4 Å². The Labute approximate surface area is 179 Å². The van der Waals surface area contributed by atoms with Gasteiger partial charge in [0.25, 0.3) is 15.6 Å². The van der Waals surface area contributed by atoms with Crippen LogP contribution in [-0.2, 0) is 10.0 Å². The van der Waals surface area contributed by atoms with Gasteiger partial charge in [0, 0.05) is 30.0 Å². The minimum atomic E-state index is -3.78. The topological polar surface area (TPSA) is 124 Å². The Morgan fingerprint density at radius 2 is 1.87 bits per heavy atom. The molecule has 0 fully saturated rings. The van der Waals surface area contributed by atoms with Gasteiger partial charge in [0.05, 0.1) is 16.1 Å². The zero-order valence-electron chi connectivity index (χ0n) is 16.7. The Kier molecular flexibility index (Phi) is 5.85. The molecule has 1 aliphatic heterocycles. The summed E-state index contributed by atoms with van der Waals surface area (Å²) < 4.78 is 28.1. The summed E-state index contributed by atoms with van der Waals surface area (Å²) in [6, 6.07) is 13.0. The number of aliphatic imine (C=N–C) groups is 2. The number of fused-ring (bicyclic) bond motifs is 1. The fourth-order valence-corrected chi connectivity index (χ4v) is 4.59. The fraction of sp³-hybridized carbons (Fsp3) is 0.227. The first-order valence-corrected chi connectivity index (χ1v) is 11.5. The Hall–Kier alpha value is -3.46. The molecule has 2 aromatic carbocycles. The predicted molar refractivity (Wildman–Crippen MR) is 121 cm³/mol. The number of amidine groups is 1. The Morgan fingerprint density at radius 1 is 1.06 bits per heavy atom. The second kappa shape index (κ2) is 8.73. The first kappa shape index (κ1) is 20.8. The number of benzene rings is 2. The average molecular weight is 439 g/mol. The molecule has 0 radical (unpaired) electrons. The van der Waals surface area contributed by atoms with E-state index in [1.165, 1.54) is 18.3 Å². The number of rotatable bonds is 4. The van der Waals surface area contributed by atoms with Gasteiger partial charge in [0.2, 0.25) is 5.88 Å². The van der Waals surface area contributed by atoms with Crippen molar-refractivity contribution >= 4 is 38.5 Å². The van der Waals surface area contributed by atoms with E-state index in [2.05, 4.69) is 19.7 Å². The summed E-state index contributed by atoms with van der Waals surface area (Å²) in [5.41, 5.74) is 0.334. The number of nitrogens with one attached hydrogen (secondary N) is 2. The van der Waals surface area contributed by atoms with Gasteiger partial charge in [0.1, 0.15) is 5.84 Å². The van der Waals surface area contributed by atoms with Gasteiger partial charge >= 0.3 is 0 Å². The number of aromatic hydroxyl groups is 1. The first-order chi connectivity index (χ1) is 14.9. The molecule has 8 nitrogen and oxygen atoms in total. The Balaban J connectivity index is 1.64. The van der Waals surface area contributed by atoms with Gasteiger partial charge < -0.3 is 5.11 Å². The zero-order valence-corrected chi connectivity index (χ0v) is 17.5. The highest BCUT2D eigenvalue weighted by molar-refractivity contribution is 7.90. The molecular formula is C22H22N4O4S. The summed E-state index contributed by atoms with van der Waals surface area (Å²) in [6.07, 6.45) is 4.91. The highest BCUT2D eigenvalue weighted by atomic mass is 32.2. The van der Waals surface area contributed by atoms with Gasteiger partial charge in [-0.2, -0.15) is 0 Å². The second-order valence-electron chi connectivity index (χ2n) is 7.26. The molecule has 3 N–H and O–H groups in total. The molecule has 0 aliphatic carbocycles. The summed E-state index contributed by atoms with van der Waals surface area (Å²) in [6.45, 7) is 0.624. The van der Waals surface area contributed by atoms with E-state index in [1.807, 2.05) is 0 Å². The molecule has 0 saturated heterocycles. The molecule has 4 rings (SSSR count). The third-order valence-electron chi connectivity index (χ3n) is 5.05. The molecule has 3 aromatic rings. The number of pyridine rings is 1. The lowest BCUT2D eigenvalue weighted by atomic mass is 10.1. The molecule has 0 unspecified atom stereocenters. The molecule has 0 atom stereocenters. The van der Waals surface area contributed by atoms with Crippen LogP contribution in [-0.4, -0.2) is 37.1 Å². The van der Waals surface area contributed by atoms with Crippen molar-refractivity contribution in [2.45, 2.75) is 30.6 Å². The van der Waals surface area contributed by atoms with Crippen molar-refractivity contribution in [1.29, 1.82) is 0 Å². The molecule has 0 bridgehead atoms. The molecule has 31 heavy (non-hydrogen) atoms. The summed E-state index contributed by atoms with van der Waals surface area (Å²) >= 11 is 0. The van der Waals surface area contributed by atoms with Crippen molar-refractivity contribution in [2.75, 3.05) is 6.54 Å². The smallest absolute Gasteiger partial charge is 0.262 e. The molecule has 160 valence electrons. The van der Waals surface area contributed by atoms with Crippen LogP contribution in [0, 0.1) is 0 Å². The van der Waals surface area contributed by atoms with Gasteiger partial charge in [-0.25, -0.2) is 8.42 Å². The fourth-order valence-electron chi connectivity index (χ4n) is 3.46. The molecule has 2 heterocycles. The average Bonchev–Trinajstić information content (AvgIpc) is 3.02. The third kappa shape index (κ3) is 4.66. The lowest BCUT2D eigenvalue weighted by Gasteiger charge is -2.10. The number of aromatic nitrogens is 1. The molecule has 0 spiro atoms. The van der Waals surface area contributed by atoms with Gasteiger partial charge in [-0.15, -0.1) is 0 Å². The maximum atomic E-state index is 12.8. The highest BCUT2D eigenvalue weighted by Gasteiger charge is 2.17. The number of H-pyrrole nitrogens is 1. The second-order valence-corrected chi connectivity index (χ2v) is 8.94. The summed E-state index contributed by atoms with van der Waals surface area (Å²) in [5, 5.41) is 11.2. The summed E-state index contributed by atoms with van der Waals surface area (Å²) in [5.74, 6) is 0.181. The van der Waals surface area contributed by atoms with Crippen LogP contribution in [0.2, 0.25) is 0 Å². The number of aromatic amines is 1. The van der Waals surface area contributed by atoms with Crippen molar-refractivity contribution in [1.82, 2.24) is 9.71 Å². The van der Waals surface area contributed by atoms with E-state index in [0.29, 0.717) is 40.8 Å². The van der Waals surface area contributed by atoms with Gasteiger partial charge in [-0.05, 0) is 37.1 Å². The Bertz CT molecular complexity index is 1340. The quantitative estimate of drug-likeness (QED) is 0.541. The predicted octanol–water partition coefficient (Wildman–Crippen LogP) is 3.24. The molecule has 0 amide bonds. The number of sulfonamides is 1. The minimum Gasteiger partial charge on any atom is -0.494 e. The van der Waals surface area contributed by atoms with E-state index in [9.17, 15) is 18.3 Å².